The zero-order valence-electron chi connectivity index (χ0n) is 10.9. The lowest BCUT2D eigenvalue weighted by molar-refractivity contribution is -0.141. The summed E-state index contributed by atoms with van der Waals surface area (Å²) in [7, 11) is 3.38. The molecular weight excluding hydrogens is 246 g/mol. The van der Waals surface area contributed by atoms with Crippen molar-refractivity contribution in [3.63, 3.8) is 0 Å². The molecule has 0 bridgehead atoms. The maximum atomic E-state index is 11.9. The van der Waals surface area contributed by atoms with Gasteiger partial charge < -0.3 is 14.5 Å². The highest BCUT2D eigenvalue weighted by Crippen LogP contribution is 2.18. The van der Waals surface area contributed by atoms with Gasteiger partial charge >= 0.3 is 0 Å². The number of ether oxygens (including phenoxy) is 1. The van der Waals surface area contributed by atoms with Crippen LogP contribution in [-0.2, 0) is 9.53 Å². The summed E-state index contributed by atoms with van der Waals surface area (Å²) in [5, 5.41) is 9.03. The van der Waals surface area contributed by atoms with Gasteiger partial charge in [0.1, 0.15) is 6.07 Å². The molecule has 2 heterocycles. The Bertz CT molecular complexity index is 511. The first-order valence-electron chi connectivity index (χ1n) is 5.92. The van der Waals surface area contributed by atoms with Crippen molar-refractivity contribution in [3.05, 3.63) is 18.1 Å². The lowest BCUT2D eigenvalue weighted by atomic mass is 10.2. The van der Waals surface area contributed by atoms with E-state index in [1.54, 1.807) is 14.1 Å². The Morgan fingerprint density at radius 3 is 2.95 bits per heavy atom. The van der Waals surface area contributed by atoms with Crippen LogP contribution < -0.4 is 4.90 Å². The van der Waals surface area contributed by atoms with Crippen LogP contribution >= 0.6 is 0 Å². The second kappa shape index (κ2) is 5.63. The number of carbonyl (C=O) groups is 1. The van der Waals surface area contributed by atoms with Crippen LogP contribution in [0.25, 0.3) is 0 Å². The molecule has 0 N–H and O–H groups in total. The summed E-state index contributed by atoms with van der Waals surface area (Å²) in [5.74, 6) is 0.414. The van der Waals surface area contributed by atoms with E-state index in [0.29, 0.717) is 25.5 Å². The summed E-state index contributed by atoms with van der Waals surface area (Å²) in [6, 6.07) is 2.01. The molecule has 0 unspecified atom stereocenters. The number of anilines is 1. The molecule has 1 aliphatic rings. The summed E-state index contributed by atoms with van der Waals surface area (Å²) in [5.41, 5.74) is 0.264. The third-order valence-electron chi connectivity index (χ3n) is 2.87. The van der Waals surface area contributed by atoms with Crippen molar-refractivity contribution in [3.8, 4) is 6.07 Å². The van der Waals surface area contributed by atoms with E-state index in [1.807, 2.05) is 11.0 Å². The second-order valence-electron chi connectivity index (χ2n) is 4.38. The fourth-order valence-corrected chi connectivity index (χ4v) is 1.92. The fraction of sp³-hybridized carbons (Fsp3) is 0.500. The third-order valence-corrected chi connectivity index (χ3v) is 2.87. The average molecular weight is 261 g/mol. The van der Waals surface area contributed by atoms with E-state index in [0.717, 1.165) is 0 Å². The molecule has 0 spiro atoms. The van der Waals surface area contributed by atoms with Crippen LogP contribution in [0.2, 0.25) is 0 Å². The second-order valence-corrected chi connectivity index (χ2v) is 4.38. The lowest BCUT2D eigenvalue weighted by Gasteiger charge is -2.34. The van der Waals surface area contributed by atoms with Crippen molar-refractivity contribution >= 4 is 11.7 Å². The number of hydrogen-bond donors (Lipinski definition) is 0. The number of nitrogens with zero attached hydrogens (tertiary/aromatic N) is 5. The third kappa shape index (κ3) is 2.80. The number of aromatic nitrogens is 2. The van der Waals surface area contributed by atoms with E-state index in [-0.39, 0.29) is 11.6 Å². The molecular formula is C12H15N5O2. The van der Waals surface area contributed by atoms with Crippen molar-refractivity contribution in [2.45, 2.75) is 6.10 Å². The van der Waals surface area contributed by atoms with E-state index < -0.39 is 6.10 Å². The average Bonchev–Trinajstić information content (AvgIpc) is 2.46. The van der Waals surface area contributed by atoms with Gasteiger partial charge in [0, 0.05) is 33.0 Å². The molecule has 1 aromatic rings. The maximum Gasteiger partial charge on any atom is 0.253 e. The Balaban J connectivity index is 2.18. The predicted octanol–water partition coefficient (Wildman–Crippen LogP) is -0.358. The number of morpholine rings is 1. The van der Waals surface area contributed by atoms with Crippen molar-refractivity contribution in [2.75, 3.05) is 38.7 Å². The Labute approximate surface area is 111 Å². The van der Waals surface area contributed by atoms with E-state index in [9.17, 15) is 4.79 Å². The molecule has 1 saturated heterocycles. The summed E-state index contributed by atoms with van der Waals surface area (Å²) in [6.07, 6.45) is 2.48. The van der Waals surface area contributed by atoms with Gasteiger partial charge in [0.15, 0.2) is 17.6 Å². The molecule has 1 atom stereocenters. The molecule has 0 radical (unpaired) electrons. The number of hydrogen-bond acceptors (Lipinski definition) is 6. The van der Waals surface area contributed by atoms with Crippen molar-refractivity contribution in [1.29, 1.82) is 5.26 Å². The van der Waals surface area contributed by atoms with Gasteiger partial charge in [-0.15, -0.1) is 0 Å². The molecule has 0 aliphatic carbocycles. The number of rotatable bonds is 2. The minimum Gasteiger partial charge on any atom is -0.365 e. The number of nitriles is 1. The van der Waals surface area contributed by atoms with Crippen molar-refractivity contribution < 1.29 is 9.53 Å². The van der Waals surface area contributed by atoms with Crippen LogP contribution in [0.15, 0.2) is 12.4 Å². The minimum absolute atomic E-state index is 0.0907. The lowest BCUT2D eigenvalue weighted by Crippen LogP contribution is -2.50. The van der Waals surface area contributed by atoms with Gasteiger partial charge in [-0.2, -0.15) is 5.26 Å². The van der Waals surface area contributed by atoms with E-state index in [2.05, 4.69) is 9.97 Å². The zero-order valence-corrected chi connectivity index (χ0v) is 10.9. The molecule has 19 heavy (non-hydrogen) atoms. The van der Waals surface area contributed by atoms with Crippen LogP contribution in [0.1, 0.15) is 5.69 Å². The number of carbonyl (C=O) groups excluding carboxylic acids is 1. The van der Waals surface area contributed by atoms with Gasteiger partial charge in [-0.1, -0.05) is 0 Å². The fourth-order valence-electron chi connectivity index (χ4n) is 1.92. The Morgan fingerprint density at radius 1 is 1.53 bits per heavy atom. The van der Waals surface area contributed by atoms with Crippen LogP contribution in [-0.4, -0.2) is 60.7 Å². The van der Waals surface area contributed by atoms with Crippen LogP contribution in [0.5, 0.6) is 0 Å². The molecule has 7 heteroatoms. The quantitative estimate of drug-likeness (QED) is 0.723. The maximum absolute atomic E-state index is 11.9. The SMILES string of the molecule is CN(C)C(=O)[C@@H]1CN(c2nccnc2C#N)CCO1. The molecule has 0 aromatic carbocycles. The first kappa shape index (κ1) is 13.2. The van der Waals surface area contributed by atoms with Crippen LogP contribution in [0.4, 0.5) is 5.82 Å². The highest BCUT2D eigenvalue weighted by Gasteiger charge is 2.29. The molecule has 1 aromatic heterocycles. The van der Waals surface area contributed by atoms with Gasteiger partial charge in [-0.3, -0.25) is 4.79 Å². The number of likely N-dealkylation sites (N-methyl/N-ethyl adjacent to an activating group) is 1. The molecule has 100 valence electrons. The summed E-state index contributed by atoms with van der Waals surface area (Å²) >= 11 is 0. The van der Waals surface area contributed by atoms with Crippen LogP contribution in [0, 0.1) is 11.3 Å². The Hall–Kier alpha value is -2.20. The van der Waals surface area contributed by atoms with Crippen molar-refractivity contribution in [2.24, 2.45) is 0 Å². The highest BCUT2D eigenvalue weighted by molar-refractivity contribution is 5.81. The first-order valence-corrected chi connectivity index (χ1v) is 5.92. The molecule has 2 rings (SSSR count). The van der Waals surface area contributed by atoms with Gasteiger partial charge in [-0.05, 0) is 0 Å². The van der Waals surface area contributed by atoms with Gasteiger partial charge in [0.25, 0.3) is 5.91 Å². The highest BCUT2D eigenvalue weighted by atomic mass is 16.5. The van der Waals surface area contributed by atoms with E-state index in [4.69, 9.17) is 10.00 Å². The normalized spacial score (nSPS) is 18.8. The molecule has 1 fully saturated rings. The van der Waals surface area contributed by atoms with E-state index in [1.165, 1.54) is 17.3 Å². The van der Waals surface area contributed by atoms with Crippen LogP contribution in [0.3, 0.4) is 0 Å². The van der Waals surface area contributed by atoms with E-state index >= 15 is 0 Å². The Morgan fingerprint density at radius 2 is 2.26 bits per heavy atom. The van der Waals surface area contributed by atoms with Gasteiger partial charge in [0.05, 0.1) is 13.2 Å². The Kier molecular flexibility index (Phi) is 3.92. The molecule has 1 amide bonds. The summed E-state index contributed by atoms with van der Waals surface area (Å²) < 4.78 is 5.46. The molecule has 1 aliphatic heterocycles. The predicted molar refractivity (Wildman–Crippen MR) is 67.4 cm³/mol. The van der Waals surface area contributed by atoms with Gasteiger partial charge in [0.2, 0.25) is 0 Å². The standard InChI is InChI=1S/C12H15N5O2/c1-16(2)12(18)10-8-17(5-6-19-10)11-9(7-13)14-3-4-15-11/h3-4,10H,5-6,8H2,1-2H3/t10-/m0/s1. The molecule has 0 saturated carbocycles. The smallest absolute Gasteiger partial charge is 0.253 e. The summed E-state index contributed by atoms with van der Waals surface area (Å²) in [4.78, 5) is 23.4. The summed E-state index contributed by atoms with van der Waals surface area (Å²) in [6.45, 7) is 1.39. The number of amides is 1. The first-order chi connectivity index (χ1) is 9.13. The minimum atomic E-state index is -0.530. The zero-order chi connectivity index (χ0) is 13.8. The molecule has 7 nitrogen and oxygen atoms in total. The monoisotopic (exact) mass is 261 g/mol. The van der Waals surface area contributed by atoms with Gasteiger partial charge in [-0.25, -0.2) is 9.97 Å². The van der Waals surface area contributed by atoms with Crippen molar-refractivity contribution in [1.82, 2.24) is 14.9 Å². The largest absolute Gasteiger partial charge is 0.365 e. The topological polar surface area (TPSA) is 82.4 Å².